The Bertz CT molecular complexity index is 602. The quantitative estimate of drug-likeness (QED) is 0.920. The Balaban J connectivity index is 1.47. The van der Waals surface area contributed by atoms with Crippen LogP contribution in [0.15, 0.2) is 28.8 Å². The molecule has 1 aromatic carbocycles. The van der Waals surface area contributed by atoms with Crippen LogP contribution >= 0.6 is 0 Å². The predicted molar refractivity (Wildman–Crippen MR) is 86.8 cm³/mol. The van der Waals surface area contributed by atoms with Crippen molar-refractivity contribution in [2.75, 3.05) is 18.4 Å². The fourth-order valence-corrected chi connectivity index (χ4v) is 2.90. The summed E-state index contributed by atoms with van der Waals surface area (Å²) in [5.41, 5.74) is 2.52. The lowest BCUT2D eigenvalue weighted by molar-refractivity contribution is 0.186. The Labute approximate surface area is 131 Å². The van der Waals surface area contributed by atoms with E-state index in [1.54, 1.807) is 0 Å². The zero-order valence-corrected chi connectivity index (χ0v) is 13.4. The van der Waals surface area contributed by atoms with Crippen LogP contribution in [0.3, 0.4) is 0 Å². The maximum Gasteiger partial charge on any atom is 0.240 e. The number of likely N-dealkylation sites (tertiary alicyclic amines) is 1. The molecule has 1 aliphatic heterocycles. The summed E-state index contributed by atoms with van der Waals surface area (Å²) in [5.74, 6) is 1.54. The van der Waals surface area contributed by atoms with Crippen LogP contribution in [0.1, 0.15) is 37.0 Å². The Morgan fingerprint density at radius 3 is 2.82 bits per heavy atom. The van der Waals surface area contributed by atoms with Gasteiger partial charge in [0.05, 0.1) is 6.54 Å². The lowest BCUT2D eigenvalue weighted by Crippen LogP contribution is -2.38. The number of hydrogen-bond donors (Lipinski definition) is 1. The molecule has 0 unspecified atom stereocenters. The minimum absolute atomic E-state index is 0.548. The van der Waals surface area contributed by atoms with Crippen LogP contribution in [-0.4, -0.2) is 34.2 Å². The van der Waals surface area contributed by atoms with Crippen molar-refractivity contribution in [3.63, 3.8) is 0 Å². The number of aromatic nitrogens is 2. The first-order valence-electron chi connectivity index (χ1n) is 8.10. The highest BCUT2D eigenvalue weighted by atomic mass is 16.5. The van der Waals surface area contributed by atoms with Crippen LogP contribution in [0.4, 0.5) is 5.69 Å². The lowest BCUT2D eigenvalue weighted by atomic mass is 10.0. The van der Waals surface area contributed by atoms with Crippen molar-refractivity contribution in [3.05, 3.63) is 41.5 Å². The van der Waals surface area contributed by atoms with Crippen molar-refractivity contribution in [1.29, 1.82) is 0 Å². The molecule has 1 aromatic heterocycles. The van der Waals surface area contributed by atoms with E-state index in [0.717, 1.165) is 50.6 Å². The molecule has 0 spiro atoms. The zero-order chi connectivity index (χ0) is 15.4. The van der Waals surface area contributed by atoms with E-state index >= 15 is 0 Å². The Hall–Kier alpha value is -1.88. The number of rotatable bonds is 5. The van der Waals surface area contributed by atoms with Gasteiger partial charge in [-0.1, -0.05) is 24.2 Å². The van der Waals surface area contributed by atoms with Crippen molar-refractivity contribution < 1.29 is 4.52 Å². The molecule has 0 saturated carbocycles. The average molecular weight is 300 g/mol. The van der Waals surface area contributed by atoms with Crippen LogP contribution in [0.2, 0.25) is 0 Å². The van der Waals surface area contributed by atoms with Crippen molar-refractivity contribution in [2.24, 2.45) is 0 Å². The third-order valence-electron chi connectivity index (χ3n) is 4.16. The summed E-state index contributed by atoms with van der Waals surface area (Å²) in [6.45, 7) is 7.06. The minimum atomic E-state index is 0.548. The molecule has 0 aliphatic carbocycles. The van der Waals surface area contributed by atoms with Crippen molar-refractivity contribution in [2.45, 2.75) is 45.7 Å². The standard InChI is InChI=1S/C17H24N4O/c1-3-16-19-17(22-20-16)12-21-9-7-14(8-10-21)18-15-6-4-5-13(2)11-15/h4-6,11,14,18H,3,7-10,12H2,1-2H3. The van der Waals surface area contributed by atoms with E-state index in [0.29, 0.717) is 6.04 Å². The number of nitrogens with zero attached hydrogens (tertiary/aromatic N) is 3. The van der Waals surface area contributed by atoms with Gasteiger partial charge in [0.25, 0.3) is 0 Å². The second kappa shape index (κ2) is 6.92. The smallest absolute Gasteiger partial charge is 0.240 e. The third-order valence-corrected chi connectivity index (χ3v) is 4.16. The van der Waals surface area contributed by atoms with E-state index in [-0.39, 0.29) is 0 Å². The number of piperidine rings is 1. The second-order valence-electron chi connectivity index (χ2n) is 6.02. The molecule has 1 N–H and O–H groups in total. The molecule has 0 amide bonds. The first-order chi connectivity index (χ1) is 10.7. The molecule has 0 atom stereocenters. The normalized spacial score (nSPS) is 16.8. The lowest BCUT2D eigenvalue weighted by Gasteiger charge is -2.32. The zero-order valence-electron chi connectivity index (χ0n) is 13.4. The molecule has 2 aromatic rings. The molecule has 5 heteroatoms. The van der Waals surface area contributed by atoms with Gasteiger partial charge in [0.1, 0.15) is 0 Å². The topological polar surface area (TPSA) is 54.2 Å². The molecular weight excluding hydrogens is 276 g/mol. The molecule has 3 rings (SSSR count). The predicted octanol–water partition coefficient (Wildman–Crippen LogP) is 3.02. The van der Waals surface area contributed by atoms with Crippen LogP contribution < -0.4 is 5.32 Å². The Morgan fingerprint density at radius 2 is 2.14 bits per heavy atom. The number of aryl methyl sites for hydroxylation is 2. The van der Waals surface area contributed by atoms with Gasteiger partial charge in [0, 0.05) is 31.2 Å². The van der Waals surface area contributed by atoms with Gasteiger partial charge in [-0.25, -0.2) is 0 Å². The molecular formula is C17H24N4O. The highest BCUT2D eigenvalue weighted by Gasteiger charge is 2.20. The molecule has 0 radical (unpaired) electrons. The molecule has 5 nitrogen and oxygen atoms in total. The summed E-state index contributed by atoms with van der Waals surface area (Å²) in [6, 6.07) is 9.13. The minimum Gasteiger partial charge on any atom is -0.382 e. The van der Waals surface area contributed by atoms with Crippen LogP contribution in [-0.2, 0) is 13.0 Å². The van der Waals surface area contributed by atoms with Gasteiger partial charge in [-0.3, -0.25) is 4.90 Å². The van der Waals surface area contributed by atoms with Gasteiger partial charge < -0.3 is 9.84 Å². The Kier molecular flexibility index (Phi) is 4.73. The van der Waals surface area contributed by atoms with Crippen molar-refractivity contribution in [3.8, 4) is 0 Å². The van der Waals surface area contributed by atoms with Gasteiger partial charge in [0.15, 0.2) is 5.82 Å². The number of hydrogen-bond acceptors (Lipinski definition) is 5. The first-order valence-corrected chi connectivity index (χ1v) is 8.10. The van der Waals surface area contributed by atoms with Crippen molar-refractivity contribution in [1.82, 2.24) is 15.0 Å². The highest BCUT2D eigenvalue weighted by molar-refractivity contribution is 5.46. The average Bonchev–Trinajstić information content (AvgIpc) is 2.97. The SMILES string of the molecule is CCc1noc(CN2CCC(Nc3cccc(C)c3)CC2)n1. The Morgan fingerprint density at radius 1 is 1.32 bits per heavy atom. The van der Waals surface area contributed by atoms with Gasteiger partial charge in [-0.15, -0.1) is 0 Å². The summed E-state index contributed by atoms with van der Waals surface area (Å²) in [4.78, 5) is 6.77. The van der Waals surface area contributed by atoms with E-state index in [1.165, 1.54) is 11.3 Å². The molecule has 1 fully saturated rings. The summed E-state index contributed by atoms with van der Waals surface area (Å²) in [7, 11) is 0. The molecule has 1 saturated heterocycles. The van der Waals surface area contributed by atoms with E-state index in [2.05, 4.69) is 51.5 Å². The van der Waals surface area contributed by atoms with Crippen LogP contribution in [0.25, 0.3) is 0 Å². The largest absolute Gasteiger partial charge is 0.382 e. The van der Waals surface area contributed by atoms with E-state index in [1.807, 2.05) is 6.92 Å². The monoisotopic (exact) mass is 300 g/mol. The molecule has 118 valence electrons. The van der Waals surface area contributed by atoms with Crippen LogP contribution in [0, 0.1) is 6.92 Å². The maximum absolute atomic E-state index is 5.28. The summed E-state index contributed by atoms with van der Waals surface area (Å²) >= 11 is 0. The highest BCUT2D eigenvalue weighted by Crippen LogP contribution is 2.18. The molecule has 2 heterocycles. The number of anilines is 1. The third kappa shape index (κ3) is 3.85. The van der Waals surface area contributed by atoms with Gasteiger partial charge in [-0.2, -0.15) is 4.98 Å². The summed E-state index contributed by atoms with van der Waals surface area (Å²) in [5, 5.41) is 7.60. The molecule has 0 bridgehead atoms. The maximum atomic E-state index is 5.28. The van der Waals surface area contributed by atoms with E-state index in [9.17, 15) is 0 Å². The van der Waals surface area contributed by atoms with Crippen LogP contribution in [0.5, 0.6) is 0 Å². The second-order valence-corrected chi connectivity index (χ2v) is 6.02. The summed E-state index contributed by atoms with van der Waals surface area (Å²) in [6.07, 6.45) is 3.11. The first kappa shape index (κ1) is 15.0. The van der Waals surface area contributed by atoms with Gasteiger partial charge in [0.2, 0.25) is 5.89 Å². The summed E-state index contributed by atoms with van der Waals surface area (Å²) < 4.78 is 5.28. The fourth-order valence-electron chi connectivity index (χ4n) is 2.90. The van der Waals surface area contributed by atoms with E-state index < -0.39 is 0 Å². The number of benzene rings is 1. The number of nitrogens with one attached hydrogen (secondary N) is 1. The van der Waals surface area contributed by atoms with E-state index in [4.69, 9.17) is 4.52 Å². The fraction of sp³-hybridized carbons (Fsp3) is 0.529. The van der Waals surface area contributed by atoms with Gasteiger partial charge in [-0.05, 0) is 37.5 Å². The molecule has 1 aliphatic rings. The van der Waals surface area contributed by atoms with Gasteiger partial charge >= 0.3 is 0 Å². The van der Waals surface area contributed by atoms with Crippen molar-refractivity contribution >= 4 is 5.69 Å². The molecule has 22 heavy (non-hydrogen) atoms.